The second-order valence-electron chi connectivity index (χ2n) is 6.66. The van der Waals surface area contributed by atoms with Gasteiger partial charge in [-0.2, -0.15) is 0 Å². The molecule has 138 valence electrons. The summed E-state index contributed by atoms with van der Waals surface area (Å²) >= 11 is 0. The summed E-state index contributed by atoms with van der Waals surface area (Å²) in [7, 11) is 1.57. The number of hydrogen-bond donors (Lipinski definition) is 2. The summed E-state index contributed by atoms with van der Waals surface area (Å²) in [6.45, 7) is 5.40. The molecule has 0 bridgehead atoms. The Balaban J connectivity index is 1.63. The summed E-state index contributed by atoms with van der Waals surface area (Å²) in [6, 6.07) is 5.74. The molecule has 1 amide bonds. The second-order valence-corrected chi connectivity index (χ2v) is 6.66. The van der Waals surface area contributed by atoms with E-state index in [-0.39, 0.29) is 18.1 Å². The van der Waals surface area contributed by atoms with Crippen LogP contribution in [0.4, 0.5) is 0 Å². The summed E-state index contributed by atoms with van der Waals surface area (Å²) in [5.74, 6) is 1.03. The van der Waals surface area contributed by atoms with Gasteiger partial charge in [-0.05, 0) is 31.5 Å². The van der Waals surface area contributed by atoms with Crippen LogP contribution in [-0.4, -0.2) is 69.0 Å². The molecule has 1 aromatic carbocycles. The van der Waals surface area contributed by atoms with Crippen molar-refractivity contribution in [3.05, 3.63) is 23.8 Å². The molecule has 2 heterocycles. The van der Waals surface area contributed by atoms with E-state index in [0.29, 0.717) is 36.3 Å². The van der Waals surface area contributed by atoms with Crippen LogP contribution in [-0.2, 0) is 4.74 Å². The second kappa shape index (κ2) is 8.03. The third-order valence-corrected chi connectivity index (χ3v) is 4.73. The molecule has 1 aromatic rings. The molecule has 0 aromatic heterocycles. The minimum absolute atomic E-state index is 0.0981. The van der Waals surface area contributed by atoms with E-state index >= 15 is 0 Å². The van der Waals surface area contributed by atoms with Crippen molar-refractivity contribution in [1.29, 1.82) is 0 Å². The van der Waals surface area contributed by atoms with Crippen LogP contribution in [0.3, 0.4) is 0 Å². The summed E-state index contributed by atoms with van der Waals surface area (Å²) < 4.78 is 16.6. The molecule has 3 rings (SSSR count). The minimum atomic E-state index is -0.0981. The van der Waals surface area contributed by atoms with Gasteiger partial charge < -0.3 is 25.3 Å². The zero-order valence-corrected chi connectivity index (χ0v) is 14.9. The molecule has 7 heteroatoms. The maximum atomic E-state index is 12.6. The summed E-state index contributed by atoms with van der Waals surface area (Å²) in [4.78, 5) is 15.0. The molecular weight excluding hydrogens is 322 g/mol. The zero-order chi connectivity index (χ0) is 17.8. The SMILES string of the molecule is COc1ccc(C(=O)N[C@@H]2C[C@H]3CO[C@@H](C)CN3C2)cc1OCCN. The number of nitrogens with two attached hydrogens (primary N) is 1. The molecule has 0 unspecified atom stereocenters. The maximum absolute atomic E-state index is 12.6. The van der Waals surface area contributed by atoms with Crippen molar-refractivity contribution in [2.45, 2.75) is 31.5 Å². The van der Waals surface area contributed by atoms with Gasteiger partial charge in [0, 0.05) is 37.3 Å². The fourth-order valence-electron chi connectivity index (χ4n) is 3.51. The number of nitrogens with one attached hydrogen (secondary N) is 1. The highest BCUT2D eigenvalue weighted by Gasteiger charge is 2.36. The summed E-state index contributed by atoms with van der Waals surface area (Å²) in [5, 5.41) is 3.13. The van der Waals surface area contributed by atoms with E-state index in [1.807, 2.05) is 0 Å². The normalized spacial score (nSPS) is 26.1. The predicted octanol–water partition coefficient (Wildman–Crippen LogP) is 0.624. The lowest BCUT2D eigenvalue weighted by atomic mass is 10.1. The number of fused-ring (bicyclic) bond motifs is 1. The number of carbonyl (C=O) groups excluding carboxylic acids is 1. The van der Waals surface area contributed by atoms with Gasteiger partial charge in [-0.25, -0.2) is 0 Å². The van der Waals surface area contributed by atoms with E-state index < -0.39 is 0 Å². The quantitative estimate of drug-likeness (QED) is 0.783. The van der Waals surface area contributed by atoms with Crippen LogP contribution in [0.5, 0.6) is 11.5 Å². The number of morpholine rings is 1. The molecule has 2 aliphatic rings. The van der Waals surface area contributed by atoms with Crippen LogP contribution in [0.15, 0.2) is 18.2 Å². The molecule has 7 nitrogen and oxygen atoms in total. The number of carbonyl (C=O) groups is 1. The Hall–Kier alpha value is -1.83. The van der Waals surface area contributed by atoms with Gasteiger partial charge in [-0.3, -0.25) is 9.69 Å². The summed E-state index contributed by atoms with van der Waals surface area (Å²) in [6.07, 6.45) is 1.18. The van der Waals surface area contributed by atoms with Crippen LogP contribution in [0.2, 0.25) is 0 Å². The Morgan fingerprint density at radius 2 is 2.24 bits per heavy atom. The monoisotopic (exact) mass is 349 g/mol. The van der Waals surface area contributed by atoms with Crippen molar-refractivity contribution in [2.24, 2.45) is 5.73 Å². The largest absolute Gasteiger partial charge is 0.493 e. The summed E-state index contributed by atoms with van der Waals surface area (Å²) in [5.41, 5.74) is 6.04. The Kier molecular flexibility index (Phi) is 5.78. The van der Waals surface area contributed by atoms with Crippen LogP contribution >= 0.6 is 0 Å². The van der Waals surface area contributed by atoms with Gasteiger partial charge in [0.25, 0.3) is 5.91 Å². The average molecular weight is 349 g/mol. The van der Waals surface area contributed by atoms with Crippen LogP contribution in [0, 0.1) is 0 Å². The third-order valence-electron chi connectivity index (χ3n) is 4.73. The fraction of sp³-hybridized carbons (Fsp3) is 0.611. The standard InChI is InChI=1S/C18H27N3O4/c1-12-9-21-10-14(8-15(21)11-25-12)20-18(22)13-3-4-16(23-2)17(7-13)24-6-5-19/h3-4,7,12,14-15H,5-6,8-11,19H2,1-2H3,(H,20,22)/t12-,14+,15-/m0/s1. The van der Waals surface area contributed by atoms with Gasteiger partial charge in [0.2, 0.25) is 0 Å². The van der Waals surface area contributed by atoms with Crippen molar-refractivity contribution >= 4 is 5.91 Å². The molecule has 25 heavy (non-hydrogen) atoms. The molecule has 3 atom stereocenters. The molecule has 0 radical (unpaired) electrons. The molecule has 0 saturated carbocycles. The number of methoxy groups -OCH3 is 1. The van der Waals surface area contributed by atoms with E-state index in [1.54, 1.807) is 25.3 Å². The first kappa shape index (κ1) is 18.0. The van der Waals surface area contributed by atoms with E-state index in [9.17, 15) is 4.79 Å². The number of nitrogens with zero attached hydrogens (tertiary/aromatic N) is 1. The zero-order valence-electron chi connectivity index (χ0n) is 14.9. The minimum Gasteiger partial charge on any atom is -0.493 e. The fourth-order valence-corrected chi connectivity index (χ4v) is 3.51. The maximum Gasteiger partial charge on any atom is 0.251 e. The van der Waals surface area contributed by atoms with Crippen LogP contribution in [0.25, 0.3) is 0 Å². The van der Waals surface area contributed by atoms with Gasteiger partial charge in [-0.15, -0.1) is 0 Å². The van der Waals surface area contributed by atoms with Crippen LogP contribution in [0.1, 0.15) is 23.7 Å². The van der Waals surface area contributed by atoms with E-state index in [4.69, 9.17) is 19.9 Å². The molecule has 2 saturated heterocycles. The number of ether oxygens (including phenoxy) is 3. The van der Waals surface area contributed by atoms with E-state index in [2.05, 4.69) is 17.1 Å². The molecule has 0 spiro atoms. The number of hydrogen-bond acceptors (Lipinski definition) is 6. The van der Waals surface area contributed by atoms with Crippen molar-refractivity contribution in [1.82, 2.24) is 10.2 Å². The molecule has 2 aliphatic heterocycles. The molecule has 0 aliphatic carbocycles. The van der Waals surface area contributed by atoms with Crippen molar-refractivity contribution in [3.63, 3.8) is 0 Å². The van der Waals surface area contributed by atoms with Gasteiger partial charge in [0.05, 0.1) is 19.8 Å². The van der Waals surface area contributed by atoms with Gasteiger partial charge in [0.15, 0.2) is 11.5 Å². The number of amides is 1. The number of rotatable bonds is 6. The predicted molar refractivity (Wildman–Crippen MR) is 94.2 cm³/mol. The van der Waals surface area contributed by atoms with Gasteiger partial charge in [-0.1, -0.05) is 0 Å². The van der Waals surface area contributed by atoms with E-state index in [0.717, 1.165) is 26.1 Å². The lowest BCUT2D eigenvalue weighted by Crippen LogP contribution is -2.45. The highest BCUT2D eigenvalue weighted by atomic mass is 16.5. The topological polar surface area (TPSA) is 86.0 Å². The lowest BCUT2D eigenvalue weighted by Gasteiger charge is -2.33. The van der Waals surface area contributed by atoms with Crippen molar-refractivity contribution < 1.29 is 19.0 Å². The Morgan fingerprint density at radius 3 is 3.00 bits per heavy atom. The van der Waals surface area contributed by atoms with Gasteiger partial charge >= 0.3 is 0 Å². The first-order chi connectivity index (χ1) is 12.1. The first-order valence-electron chi connectivity index (χ1n) is 8.78. The van der Waals surface area contributed by atoms with Gasteiger partial charge in [0.1, 0.15) is 6.61 Å². The highest BCUT2D eigenvalue weighted by molar-refractivity contribution is 5.95. The average Bonchev–Trinajstić information content (AvgIpc) is 3.00. The Bertz CT molecular complexity index is 610. The molecule has 3 N–H and O–H groups in total. The van der Waals surface area contributed by atoms with Crippen LogP contribution < -0.4 is 20.5 Å². The smallest absolute Gasteiger partial charge is 0.251 e. The molecule has 2 fully saturated rings. The Labute approximate surface area is 148 Å². The Morgan fingerprint density at radius 1 is 1.40 bits per heavy atom. The molecular formula is C18H27N3O4. The van der Waals surface area contributed by atoms with Crippen molar-refractivity contribution in [2.75, 3.05) is 40.0 Å². The van der Waals surface area contributed by atoms with E-state index in [1.165, 1.54) is 0 Å². The first-order valence-corrected chi connectivity index (χ1v) is 8.78. The van der Waals surface area contributed by atoms with Crippen molar-refractivity contribution in [3.8, 4) is 11.5 Å². The highest BCUT2D eigenvalue weighted by Crippen LogP contribution is 2.28. The lowest BCUT2D eigenvalue weighted by molar-refractivity contribution is -0.0390. The third kappa shape index (κ3) is 4.23. The number of benzene rings is 1.